The molecule has 0 fully saturated rings. The van der Waals surface area contributed by atoms with E-state index in [0.717, 1.165) is 11.3 Å². The molecule has 2 aromatic rings. The van der Waals surface area contributed by atoms with Gasteiger partial charge in [0.2, 0.25) is 5.91 Å². The van der Waals surface area contributed by atoms with Gasteiger partial charge in [-0.3, -0.25) is 14.5 Å². The number of ether oxygens (including phenoxy) is 2. The van der Waals surface area contributed by atoms with Crippen molar-refractivity contribution in [1.29, 1.82) is 0 Å². The number of benzene rings is 1. The van der Waals surface area contributed by atoms with Gasteiger partial charge in [-0.1, -0.05) is 23.5 Å². The summed E-state index contributed by atoms with van der Waals surface area (Å²) in [5, 5.41) is 2.84. The molecule has 1 aliphatic heterocycles. The first-order valence-electron chi connectivity index (χ1n) is 7.40. The van der Waals surface area contributed by atoms with E-state index in [-0.39, 0.29) is 22.5 Å². The van der Waals surface area contributed by atoms with Crippen LogP contribution in [-0.2, 0) is 14.3 Å². The first-order valence-corrected chi connectivity index (χ1v) is 8.22. The summed E-state index contributed by atoms with van der Waals surface area (Å²) in [6.07, 6.45) is 0.650. The molecule has 1 aliphatic rings. The molecule has 2 amide bonds. The summed E-state index contributed by atoms with van der Waals surface area (Å²) in [5.74, 6) is -0.708. The number of hydrogen-bond donors (Lipinski definition) is 1. The maximum Gasteiger partial charge on any atom is 0.349 e. The molecule has 8 nitrogen and oxygen atoms in total. The van der Waals surface area contributed by atoms with Gasteiger partial charge in [-0.05, 0) is 19.1 Å². The van der Waals surface area contributed by atoms with E-state index in [1.54, 1.807) is 31.2 Å². The van der Waals surface area contributed by atoms with Crippen molar-refractivity contribution in [1.82, 2.24) is 4.98 Å². The van der Waals surface area contributed by atoms with Gasteiger partial charge < -0.3 is 14.8 Å². The Morgan fingerprint density at radius 1 is 1.40 bits per heavy atom. The molecule has 1 atom stereocenters. The number of aromatic nitrogens is 1. The molecule has 2 heterocycles. The Morgan fingerprint density at radius 2 is 2.16 bits per heavy atom. The Labute approximate surface area is 147 Å². The van der Waals surface area contributed by atoms with Gasteiger partial charge in [0.05, 0.1) is 19.0 Å². The second-order valence-electron chi connectivity index (χ2n) is 5.22. The van der Waals surface area contributed by atoms with Crippen molar-refractivity contribution in [3.63, 3.8) is 0 Å². The number of rotatable bonds is 4. The largest absolute Gasteiger partial charge is 0.479 e. The van der Waals surface area contributed by atoms with Crippen LogP contribution in [0.3, 0.4) is 0 Å². The summed E-state index contributed by atoms with van der Waals surface area (Å²) in [6, 6.07) is 7.02. The van der Waals surface area contributed by atoms with Gasteiger partial charge in [0.25, 0.3) is 5.91 Å². The minimum Gasteiger partial charge on any atom is -0.479 e. The number of anilines is 2. The van der Waals surface area contributed by atoms with E-state index in [1.165, 1.54) is 18.2 Å². The molecule has 130 valence electrons. The Morgan fingerprint density at radius 3 is 2.92 bits per heavy atom. The molecule has 0 bridgehead atoms. The van der Waals surface area contributed by atoms with Crippen molar-refractivity contribution in [2.24, 2.45) is 0 Å². The van der Waals surface area contributed by atoms with Crippen LogP contribution in [0.1, 0.15) is 16.6 Å². The van der Waals surface area contributed by atoms with Crippen LogP contribution >= 0.6 is 11.3 Å². The zero-order valence-corrected chi connectivity index (χ0v) is 14.3. The Hall–Kier alpha value is -2.94. The number of thiazole rings is 1. The predicted octanol–water partition coefficient (Wildman–Crippen LogP) is 1.68. The van der Waals surface area contributed by atoms with Gasteiger partial charge in [0.1, 0.15) is 17.2 Å². The lowest BCUT2D eigenvalue weighted by molar-refractivity contribution is -0.127. The van der Waals surface area contributed by atoms with Crippen LogP contribution in [0.2, 0.25) is 0 Å². The van der Waals surface area contributed by atoms with Crippen LogP contribution in [0, 0.1) is 0 Å². The standard InChI is InChI=1S/C16H15N3O5S/c1-9-14(21)19(10-5-3-4-6-11(10)24-9)8-13(20)18-16-17-7-12(25-16)15(22)23-2/h3-7,9H,8H2,1-2H3,(H,17,18,20). The summed E-state index contributed by atoms with van der Waals surface area (Å²) in [7, 11) is 1.27. The SMILES string of the molecule is COC(=O)c1cnc(NC(=O)CN2C(=O)C(C)Oc3ccccc32)s1. The fourth-order valence-corrected chi connectivity index (χ4v) is 3.10. The van der Waals surface area contributed by atoms with Crippen LogP contribution in [0.25, 0.3) is 0 Å². The third-order valence-electron chi connectivity index (χ3n) is 3.51. The van der Waals surface area contributed by atoms with E-state index >= 15 is 0 Å². The quantitative estimate of drug-likeness (QED) is 0.832. The topological polar surface area (TPSA) is 97.8 Å². The number of para-hydroxylation sites is 2. The van der Waals surface area contributed by atoms with Crippen molar-refractivity contribution in [2.75, 3.05) is 23.9 Å². The summed E-state index contributed by atoms with van der Waals surface area (Å²) < 4.78 is 10.1. The Kier molecular flexibility index (Phi) is 4.66. The van der Waals surface area contributed by atoms with Gasteiger partial charge >= 0.3 is 5.97 Å². The Balaban J connectivity index is 1.73. The highest BCUT2D eigenvalue weighted by atomic mass is 32.1. The first-order chi connectivity index (χ1) is 12.0. The number of fused-ring (bicyclic) bond motifs is 1. The molecule has 3 rings (SSSR count). The van der Waals surface area contributed by atoms with Crippen molar-refractivity contribution in [3.05, 3.63) is 35.3 Å². The van der Waals surface area contributed by atoms with E-state index in [9.17, 15) is 14.4 Å². The average Bonchev–Trinajstić information content (AvgIpc) is 3.06. The van der Waals surface area contributed by atoms with E-state index in [2.05, 4.69) is 15.0 Å². The lowest BCUT2D eigenvalue weighted by atomic mass is 10.2. The molecule has 1 aromatic carbocycles. The predicted molar refractivity (Wildman–Crippen MR) is 91.0 cm³/mol. The molecule has 25 heavy (non-hydrogen) atoms. The van der Waals surface area contributed by atoms with Crippen molar-refractivity contribution >= 4 is 39.9 Å². The van der Waals surface area contributed by atoms with Crippen LogP contribution in [0.5, 0.6) is 5.75 Å². The van der Waals surface area contributed by atoms with Gasteiger partial charge in [0, 0.05) is 0 Å². The van der Waals surface area contributed by atoms with Gasteiger partial charge in [-0.25, -0.2) is 9.78 Å². The molecule has 1 N–H and O–H groups in total. The highest BCUT2D eigenvalue weighted by Gasteiger charge is 2.32. The second kappa shape index (κ2) is 6.89. The maximum atomic E-state index is 12.4. The third-order valence-corrected chi connectivity index (χ3v) is 4.41. The average molecular weight is 361 g/mol. The monoisotopic (exact) mass is 361 g/mol. The number of hydrogen-bond acceptors (Lipinski definition) is 7. The summed E-state index contributed by atoms with van der Waals surface area (Å²) in [5.41, 5.74) is 0.537. The van der Waals surface area contributed by atoms with E-state index in [4.69, 9.17) is 4.74 Å². The summed E-state index contributed by atoms with van der Waals surface area (Å²) >= 11 is 0.997. The maximum absolute atomic E-state index is 12.4. The first kappa shape index (κ1) is 16.9. The summed E-state index contributed by atoms with van der Waals surface area (Å²) in [4.78, 5) is 41.7. The molecule has 0 spiro atoms. The van der Waals surface area contributed by atoms with Gasteiger partial charge in [0.15, 0.2) is 11.2 Å². The number of carbonyl (C=O) groups excluding carboxylic acids is 3. The van der Waals surface area contributed by atoms with Crippen LogP contribution in [0.15, 0.2) is 30.5 Å². The minimum absolute atomic E-state index is 0.184. The molecular weight excluding hydrogens is 346 g/mol. The number of nitrogens with zero attached hydrogens (tertiary/aromatic N) is 2. The van der Waals surface area contributed by atoms with Gasteiger partial charge in [-0.2, -0.15) is 0 Å². The number of carbonyl (C=O) groups is 3. The van der Waals surface area contributed by atoms with E-state index < -0.39 is 18.0 Å². The fraction of sp³-hybridized carbons (Fsp3) is 0.250. The fourth-order valence-electron chi connectivity index (χ4n) is 2.35. The van der Waals surface area contributed by atoms with E-state index in [0.29, 0.717) is 11.4 Å². The van der Waals surface area contributed by atoms with Crippen LogP contribution in [0.4, 0.5) is 10.8 Å². The highest BCUT2D eigenvalue weighted by molar-refractivity contribution is 7.17. The third kappa shape index (κ3) is 3.45. The molecular formula is C16H15N3O5S. The van der Waals surface area contributed by atoms with Gasteiger partial charge in [-0.15, -0.1) is 0 Å². The zero-order valence-electron chi connectivity index (χ0n) is 13.5. The molecule has 1 unspecified atom stereocenters. The Bertz CT molecular complexity index is 835. The van der Waals surface area contributed by atoms with E-state index in [1.807, 2.05) is 0 Å². The molecule has 9 heteroatoms. The molecule has 0 radical (unpaired) electrons. The van der Waals surface area contributed by atoms with Crippen molar-refractivity contribution < 1.29 is 23.9 Å². The highest BCUT2D eigenvalue weighted by Crippen LogP contribution is 2.33. The minimum atomic E-state index is -0.673. The second-order valence-corrected chi connectivity index (χ2v) is 6.25. The smallest absolute Gasteiger partial charge is 0.349 e. The van der Waals surface area contributed by atoms with Crippen molar-refractivity contribution in [3.8, 4) is 5.75 Å². The van der Waals surface area contributed by atoms with Crippen LogP contribution in [-0.4, -0.2) is 42.5 Å². The number of esters is 1. The lowest BCUT2D eigenvalue weighted by Crippen LogP contribution is -2.47. The number of methoxy groups -OCH3 is 1. The lowest BCUT2D eigenvalue weighted by Gasteiger charge is -2.32. The normalized spacial score (nSPS) is 16.0. The molecule has 1 aromatic heterocycles. The zero-order chi connectivity index (χ0) is 18.0. The number of amides is 2. The molecule has 0 aliphatic carbocycles. The molecule has 0 saturated heterocycles. The molecule has 0 saturated carbocycles. The van der Waals surface area contributed by atoms with Crippen LogP contribution < -0.4 is 15.0 Å². The summed E-state index contributed by atoms with van der Waals surface area (Å²) in [6.45, 7) is 1.45. The van der Waals surface area contributed by atoms with Crippen molar-refractivity contribution in [2.45, 2.75) is 13.0 Å². The number of nitrogens with one attached hydrogen (secondary N) is 1.